The summed E-state index contributed by atoms with van der Waals surface area (Å²) in [5.74, 6) is -0.440. The molecule has 162 valence electrons. The van der Waals surface area contributed by atoms with Crippen LogP contribution in [0.1, 0.15) is 16.7 Å². The Kier molecular flexibility index (Phi) is 7.85. The van der Waals surface area contributed by atoms with E-state index in [2.05, 4.69) is 46.9 Å². The second-order valence-electron chi connectivity index (χ2n) is 6.55. The first-order valence-electron chi connectivity index (χ1n) is 8.93. The number of nitrogens with zero attached hydrogens (tertiary/aromatic N) is 1. The number of hydrogen-bond acceptors (Lipinski definition) is 6. The van der Waals surface area contributed by atoms with Gasteiger partial charge in [0.2, 0.25) is 0 Å². The Morgan fingerprint density at radius 1 is 1.23 bits per heavy atom. The molecule has 0 radical (unpaired) electrons. The summed E-state index contributed by atoms with van der Waals surface area (Å²) in [5, 5.41) is 3.57. The molecule has 0 bridgehead atoms. The summed E-state index contributed by atoms with van der Waals surface area (Å²) in [7, 11) is 1.28. The number of methoxy groups -OCH3 is 1. The second kappa shape index (κ2) is 10.2. The molecule has 1 aliphatic rings. The lowest BCUT2D eigenvalue weighted by molar-refractivity contribution is -0.142. The maximum Gasteiger partial charge on any atom is 0.343 e. The zero-order valence-corrected chi connectivity index (χ0v) is 21.5. The molecule has 1 heterocycles. The largest absolute Gasteiger partial charge is 0.479 e. The summed E-state index contributed by atoms with van der Waals surface area (Å²) >= 11 is 14.5. The molecular formula is C21H17Br2ClN2O4S. The van der Waals surface area contributed by atoms with Gasteiger partial charge in [0, 0.05) is 4.47 Å². The minimum absolute atomic E-state index is 0.243. The first kappa shape index (κ1) is 23.8. The van der Waals surface area contributed by atoms with E-state index in [-0.39, 0.29) is 12.5 Å². The lowest BCUT2D eigenvalue weighted by atomic mass is 10.1. The van der Waals surface area contributed by atoms with Crippen LogP contribution >= 0.6 is 55.2 Å². The number of thioether (sulfide) groups is 1. The number of carbonyl (C=O) groups is 2. The van der Waals surface area contributed by atoms with Crippen molar-refractivity contribution < 1.29 is 19.1 Å². The summed E-state index contributed by atoms with van der Waals surface area (Å²) in [6.07, 6.45) is 1.71. The molecule has 6 nitrogen and oxygen atoms in total. The molecule has 1 N–H and O–H groups in total. The third-order valence-electron chi connectivity index (χ3n) is 4.18. The van der Waals surface area contributed by atoms with Crippen molar-refractivity contribution in [1.29, 1.82) is 0 Å². The zero-order chi connectivity index (χ0) is 22.7. The lowest BCUT2D eigenvalue weighted by Crippen LogP contribution is -2.19. The van der Waals surface area contributed by atoms with Gasteiger partial charge in [-0.25, -0.2) is 9.79 Å². The van der Waals surface area contributed by atoms with Crippen molar-refractivity contribution in [3.8, 4) is 5.75 Å². The molecule has 0 spiro atoms. The van der Waals surface area contributed by atoms with Crippen molar-refractivity contribution in [2.24, 2.45) is 4.99 Å². The normalized spacial score (nSPS) is 16.0. The van der Waals surface area contributed by atoms with Gasteiger partial charge < -0.3 is 14.8 Å². The smallest absolute Gasteiger partial charge is 0.343 e. The molecule has 1 aliphatic heterocycles. The van der Waals surface area contributed by atoms with E-state index in [9.17, 15) is 9.59 Å². The molecule has 1 saturated heterocycles. The van der Waals surface area contributed by atoms with Crippen LogP contribution in [0.2, 0.25) is 5.02 Å². The van der Waals surface area contributed by atoms with E-state index in [0.717, 1.165) is 21.3 Å². The standard InChI is InChI=1S/C21H17Br2ClN2O4S/c1-10-4-13(5-11(2)18(10)23)25-21-26-20(28)16(31-21)8-12-6-14(22)19(15(24)7-12)30-9-17(27)29-3/h4-8H,9H2,1-3H3,(H,25,26,28)/b16-8-. The number of halogens is 3. The lowest BCUT2D eigenvalue weighted by Gasteiger charge is -2.10. The van der Waals surface area contributed by atoms with Crippen molar-refractivity contribution >= 4 is 84.0 Å². The predicted octanol–water partition coefficient (Wildman–Crippen LogP) is 5.93. The zero-order valence-electron chi connectivity index (χ0n) is 16.7. The Hall–Kier alpha value is -1.81. The fourth-order valence-corrected chi connectivity index (χ4v) is 4.79. The van der Waals surface area contributed by atoms with Crippen LogP contribution in [0.5, 0.6) is 5.75 Å². The van der Waals surface area contributed by atoms with Gasteiger partial charge in [0.15, 0.2) is 17.5 Å². The number of esters is 1. The van der Waals surface area contributed by atoms with Gasteiger partial charge in [-0.3, -0.25) is 4.79 Å². The van der Waals surface area contributed by atoms with Crippen LogP contribution in [0.4, 0.5) is 5.69 Å². The van der Waals surface area contributed by atoms with Crippen LogP contribution in [-0.4, -0.2) is 30.8 Å². The number of amides is 1. The fourth-order valence-electron chi connectivity index (χ4n) is 2.73. The highest BCUT2D eigenvalue weighted by molar-refractivity contribution is 9.10. The van der Waals surface area contributed by atoms with Gasteiger partial charge in [0.25, 0.3) is 5.91 Å². The summed E-state index contributed by atoms with van der Waals surface area (Å²) in [4.78, 5) is 28.7. The monoisotopic (exact) mass is 586 g/mol. The Bertz CT molecular complexity index is 1090. The number of rotatable bonds is 5. The van der Waals surface area contributed by atoms with Gasteiger partial charge in [-0.2, -0.15) is 0 Å². The third-order valence-corrected chi connectivity index (χ3v) is 7.21. The molecule has 10 heteroatoms. The minimum atomic E-state index is -0.517. The van der Waals surface area contributed by atoms with Crippen molar-refractivity contribution in [1.82, 2.24) is 5.32 Å². The first-order valence-corrected chi connectivity index (χ1v) is 11.7. The number of amidine groups is 1. The molecule has 1 amide bonds. The molecule has 2 aromatic carbocycles. The Balaban J connectivity index is 1.81. The van der Waals surface area contributed by atoms with E-state index in [0.29, 0.717) is 30.9 Å². The maximum atomic E-state index is 12.4. The summed E-state index contributed by atoms with van der Waals surface area (Å²) in [6.45, 7) is 3.72. The molecule has 0 aliphatic carbocycles. The van der Waals surface area contributed by atoms with Crippen LogP contribution in [-0.2, 0) is 14.3 Å². The number of aryl methyl sites for hydroxylation is 2. The van der Waals surface area contributed by atoms with Crippen molar-refractivity contribution in [2.45, 2.75) is 13.8 Å². The number of carbonyl (C=O) groups excluding carboxylic acids is 2. The molecule has 3 rings (SSSR count). The van der Waals surface area contributed by atoms with Gasteiger partial charge in [-0.05, 0) is 88.6 Å². The number of ether oxygens (including phenoxy) is 2. The van der Waals surface area contributed by atoms with E-state index in [1.54, 1.807) is 18.2 Å². The topological polar surface area (TPSA) is 77.0 Å². The SMILES string of the molecule is COC(=O)COc1c(Cl)cc(/C=C2\SC(=Nc3cc(C)c(Br)c(C)c3)NC2=O)cc1Br. The molecule has 0 atom stereocenters. The number of aliphatic imine (C=N–C) groups is 1. The average molecular weight is 589 g/mol. The highest BCUT2D eigenvalue weighted by Crippen LogP contribution is 2.37. The molecule has 1 fully saturated rings. The van der Waals surface area contributed by atoms with E-state index >= 15 is 0 Å². The minimum Gasteiger partial charge on any atom is -0.479 e. The number of benzene rings is 2. The van der Waals surface area contributed by atoms with Crippen LogP contribution in [0.25, 0.3) is 6.08 Å². The van der Waals surface area contributed by atoms with Gasteiger partial charge in [0.1, 0.15) is 0 Å². The van der Waals surface area contributed by atoms with Gasteiger partial charge in [-0.1, -0.05) is 27.5 Å². The van der Waals surface area contributed by atoms with Crippen LogP contribution in [0.15, 0.2) is 43.1 Å². The quantitative estimate of drug-likeness (QED) is 0.347. The summed E-state index contributed by atoms with van der Waals surface area (Å²) in [6, 6.07) is 7.29. The summed E-state index contributed by atoms with van der Waals surface area (Å²) < 4.78 is 11.5. The summed E-state index contributed by atoms with van der Waals surface area (Å²) in [5.41, 5.74) is 3.59. The average Bonchev–Trinajstić information content (AvgIpc) is 3.03. The van der Waals surface area contributed by atoms with Crippen LogP contribution in [0, 0.1) is 13.8 Å². The highest BCUT2D eigenvalue weighted by atomic mass is 79.9. The Morgan fingerprint density at radius 3 is 2.52 bits per heavy atom. The molecule has 0 saturated carbocycles. The Labute approximate surface area is 205 Å². The maximum absolute atomic E-state index is 12.4. The molecular weight excluding hydrogens is 572 g/mol. The number of hydrogen-bond donors (Lipinski definition) is 1. The molecule has 0 aromatic heterocycles. The van der Waals surface area contributed by atoms with Gasteiger partial charge >= 0.3 is 5.97 Å². The van der Waals surface area contributed by atoms with Crippen LogP contribution in [0.3, 0.4) is 0 Å². The first-order chi connectivity index (χ1) is 14.7. The van der Waals surface area contributed by atoms with E-state index in [1.807, 2.05) is 26.0 Å². The van der Waals surface area contributed by atoms with Crippen molar-refractivity contribution in [3.63, 3.8) is 0 Å². The highest BCUT2D eigenvalue weighted by Gasteiger charge is 2.24. The van der Waals surface area contributed by atoms with Crippen molar-refractivity contribution in [3.05, 3.63) is 59.8 Å². The number of nitrogens with one attached hydrogen (secondary N) is 1. The second-order valence-corrected chi connectivity index (χ2v) is 9.64. The molecule has 2 aromatic rings. The van der Waals surface area contributed by atoms with Crippen molar-refractivity contribution in [2.75, 3.05) is 13.7 Å². The van der Waals surface area contributed by atoms with Gasteiger partial charge in [0.05, 0.1) is 27.2 Å². The molecule has 31 heavy (non-hydrogen) atoms. The van der Waals surface area contributed by atoms with E-state index in [4.69, 9.17) is 16.3 Å². The van der Waals surface area contributed by atoms with Gasteiger partial charge in [-0.15, -0.1) is 0 Å². The molecule has 0 unspecified atom stereocenters. The third kappa shape index (κ3) is 5.91. The Morgan fingerprint density at radius 2 is 1.90 bits per heavy atom. The van der Waals surface area contributed by atoms with Crippen LogP contribution < -0.4 is 10.1 Å². The predicted molar refractivity (Wildman–Crippen MR) is 131 cm³/mol. The van der Waals surface area contributed by atoms with E-state index < -0.39 is 5.97 Å². The van der Waals surface area contributed by atoms with E-state index in [1.165, 1.54) is 18.9 Å². The fraction of sp³-hybridized carbons (Fsp3) is 0.190.